The van der Waals surface area contributed by atoms with E-state index in [-0.39, 0.29) is 19.0 Å². The monoisotopic (exact) mass is 200 g/mol. The molecule has 0 bridgehead atoms. The summed E-state index contributed by atoms with van der Waals surface area (Å²) in [6.07, 6.45) is 0.152. The van der Waals surface area contributed by atoms with Gasteiger partial charge in [-0.2, -0.15) is 0 Å². The predicted octanol–water partition coefficient (Wildman–Crippen LogP) is 1.40. The topological polar surface area (TPSA) is 61.8 Å². The van der Waals surface area contributed by atoms with Crippen molar-refractivity contribution in [2.24, 2.45) is 0 Å². The molecule has 0 N–H and O–H groups in total. The van der Waals surface area contributed by atoms with Crippen molar-refractivity contribution < 1.29 is 23.8 Å². The summed E-state index contributed by atoms with van der Waals surface area (Å²) < 4.78 is 13.5. The van der Waals surface area contributed by atoms with E-state index in [4.69, 9.17) is 0 Å². The normalized spacial score (nSPS) is 8.64. The number of ether oxygens (including phenoxy) is 3. The second-order valence-corrected chi connectivity index (χ2v) is 2.27. The molecule has 0 aromatic rings. The molecular weight excluding hydrogens is 188 g/mol. The molecule has 0 fully saturated rings. The molecule has 0 rings (SSSR count). The summed E-state index contributed by atoms with van der Waals surface area (Å²) in [7, 11) is 0. The van der Waals surface area contributed by atoms with Crippen molar-refractivity contribution >= 4 is 12.1 Å². The fourth-order valence-electron chi connectivity index (χ4n) is 0.498. The summed E-state index contributed by atoms with van der Waals surface area (Å²) in [5.74, 6) is -0.333. The van der Waals surface area contributed by atoms with E-state index in [2.05, 4.69) is 27.4 Å². The van der Waals surface area contributed by atoms with E-state index in [9.17, 15) is 9.59 Å². The molecule has 0 saturated carbocycles. The van der Waals surface area contributed by atoms with Gasteiger partial charge in [-0.3, -0.25) is 0 Å². The highest BCUT2D eigenvalue weighted by Gasteiger charge is 2.04. The Hall–Kier alpha value is -1.78. The van der Waals surface area contributed by atoms with E-state index >= 15 is 0 Å². The Morgan fingerprint density at radius 1 is 1.29 bits per heavy atom. The molecule has 0 heterocycles. The number of rotatable bonds is 5. The molecule has 0 unspecified atom stereocenters. The van der Waals surface area contributed by atoms with Crippen LogP contribution in [0, 0.1) is 0 Å². The van der Waals surface area contributed by atoms with Gasteiger partial charge in [-0.15, -0.1) is 0 Å². The zero-order chi connectivity index (χ0) is 11.0. The van der Waals surface area contributed by atoms with Crippen LogP contribution in [0.2, 0.25) is 0 Å². The van der Waals surface area contributed by atoms with Crippen LogP contribution in [0.4, 0.5) is 4.79 Å². The largest absolute Gasteiger partial charge is 0.513 e. The number of hydrogen-bond donors (Lipinski definition) is 0. The van der Waals surface area contributed by atoms with Gasteiger partial charge in [0, 0.05) is 6.08 Å². The van der Waals surface area contributed by atoms with Gasteiger partial charge in [0.15, 0.2) is 0 Å². The average molecular weight is 200 g/mol. The molecular formula is C9H12O5. The van der Waals surface area contributed by atoms with Crippen molar-refractivity contribution in [3.8, 4) is 0 Å². The van der Waals surface area contributed by atoms with Gasteiger partial charge >= 0.3 is 12.1 Å². The molecule has 0 amide bonds. The van der Waals surface area contributed by atoms with Gasteiger partial charge in [0.1, 0.15) is 19.0 Å². The maximum Gasteiger partial charge on any atom is 0.513 e. The molecule has 0 saturated heterocycles. The minimum atomic E-state index is -0.868. The Labute approximate surface area is 81.9 Å². The highest BCUT2D eigenvalue weighted by atomic mass is 16.7. The first-order valence-electron chi connectivity index (χ1n) is 3.85. The lowest BCUT2D eigenvalue weighted by molar-refractivity contribution is -0.138. The Kier molecular flexibility index (Phi) is 5.85. The third-order valence-electron chi connectivity index (χ3n) is 0.972. The van der Waals surface area contributed by atoms with Crippen LogP contribution in [-0.4, -0.2) is 25.3 Å². The van der Waals surface area contributed by atoms with Gasteiger partial charge in [0.25, 0.3) is 0 Å². The molecule has 0 aromatic carbocycles. The van der Waals surface area contributed by atoms with Gasteiger partial charge in [0.05, 0.1) is 0 Å². The quantitative estimate of drug-likeness (QED) is 0.290. The van der Waals surface area contributed by atoms with Gasteiger partial charge in [-0.1, -0.05) is 13.2 Å². The minimum Gasteiger partial charge on any atom is -0.459 e. The third kappa shape index (κ3) is 6.90. The number of carbonyl (C=O) groups is 2. The van der Waals surface area contributed by atoms with Crippen LogP contribution < -0.4 is 0 Å². The predicted molar refractivity (Wildman–Crippen MR) is 48.4 cm³/mol. The van der Waals surface area contributed by atoms with Crippen molar-refractivity contribution in [2.45, 2.75) is 6.92 Å². The van der Waals surface area contributed by atoms with E-state index in [1.807, 2.05) is 0 Å². The Bertz CT molecular complexity index is 244. The minimum absolute atomic E-state index is 0.0316. The van der Waals surface area contributed by atoms with Crippen LogP contribution in [-0.2, 0) is 19.0 Å². The van der Waals surface area contributed by atoms with Gasteiger partial charge in [-0.05, 0) is 6.92 Å². The second kappa shape index (κ2) is 6.71. The lowest BCUT2D eigenvalue weighted by Gasteiger charge is -2.04. The van der Waals surface area contributed by atoms with Crippen LogP contribution >= 0.6 is 0 Å². The number of allylic oxidation sites excluding steroid dienone is 1. The Morgan fingerprint density at radius 3 is 2.36 bits per heavy atom. The zero-order valence-corrected chi connectivity index (χ0v) is 7.95. The number of carbonyl (C=O) groups excluding carboxylic acids is 2. The standard InChI is InChI=1S/C9H12O5/c1-4-8(10)12-5-6-13-9(11)14-7(2)3/h4H,1-2,5-6H2,3H3. The molecule has 78 valence electrons. The molecule has 5 heteroatoms. The first kappa shape index (κ1) is 12.2. The molecule has 0 atom stereocenters. The molecule has 5 nitrogen and oxygen atoms in total. The molecule has 0 aromatic heterocycles. The fraction of sp³-hybridized carbons (Fsp3) is 0.333. The Balaban J connectivity index is 3.45. The van der Waals surface area contributed by atoms with Gasteiger partial charge in [-0.25, -0.2) is 9.59 Å². The Morgan fingerprint density at radius 2 is 1.86 bits per heavy atom. The number of hydrogen-bond acceptors (Lipinski definition) is 5. The van der Waals surface area contributed by atoms with Crippen LogP contribution in [0.3, 0.4) is 0 Å². The zero-order valence-electron chi connectivity index (χ0n) is 7.95. The van der Waals surface area contributed by atoms with E-state index in [0.717, 1.165) is 6.08 Å². The molecule has 0 radical (unpaired) electrons. The van der Waals surface area contributed by atoms with E-state index in [1.54, 1.807) is 0 Å². The molecule has 14 heavy (non-hydrogen) atoms. The first-order chi connectivity index (χ1) is 6.56. The third-order valence-corrected chi connectivity index (χ3v) is 0.972. The SMILES string of the molecule is C=CC(=O)OCCOC(=O)OC(=C)C. The summed E-state index contributed by atoms with van der Waals surface area (Å²) >= 11 is 0. The van der Waals surface area contributed by atoms with Crippen LogP contribution in [0.25, 0.3) is 0 Å². The van der Waals surface area contributed by atoms with Crippen molar-refractivity contribution in [2.75, 3.05) is 13.2 Å². The second-order valence-electron chi connectivity index (χ2n) is 2.27. The van der Waals surface area contributed by atoms with Crippen molar-refractivity contribution in [3.05, 3.63) is 25.0 Å². The summed E-state index contributed by atoms with van der Waals surface area (Å²) in [5, 5.41) is 0. The van der Waals surface area contributed by atoms with Crippen molar-refractivity contribution in [3.63, 3.8) is 0 Å². The smallest absolute Gasteiger partial charge is 0.459 e. The van der Waals surface area contributed by atoms with E-state index in [0.29, 0.717) is 0 Å². The summed E-state index contributed by atoms with van der Waals surface area (Å²) in [6, 6.07) is 0. The molecule has 0 aliphatic rings. The fourth-order valence-corrected chi connectivity index (χ4v) is 0.498. The van der Waals surface area contributed by atoms with Crippen molar-refractivity contribution in [1.29, 1.82) is 0 Å². The maximum atomic E-state index is 10.7. The summed E-state index contributed by atoms with van der Waals surface area (Å²) in [6.45, 7) is 7.96. The highest BCUT2D eigenvalue weighted by Crippen LogP contribution is 1.94. The van der Waals surface area contributed by atoms with E-state index < -0.39 is 12.1 Å². The van der Waals surface area contributed by atoms with Crippen LogP contribution in [0.1, 0.15) is 6.92 Å². The number of esters is 1. The lowest BCUT2D eigenvalue weighted by atomic mass is 10.6. The molecule has 0 aliphatic carbocycles. The van der Waals surface area contributed by atoms with Crippen molar-refractivity contribution in [1.82, 2.24) is 0 Å². The summed E-state index contributed by atoms with van der Waals surface area (Å²) in [5.41, 5.74) is 0. The maximum absolute atomic E-state index is 10.7. The van der Waals surface area contributed by atoms with E-state index in [1.165, 1.54) is 6.92 Å². The average Bonchev–Trinajstić information content (AvgIpc) is 2.10. The van der Waals surface area contributed by atoms with Crippen LogP contribution in [0.5, 0.6) is 0 Å². The summed E-state index contributed by atoms with van der Waals surface area (Å²) in [4.78, 5) is 21.2. The van der Waals surface area contributed by atoms with Gasteiger partial charge < -0.3 is 14.2 Å². The highest BCUT2D eigenvalue weighted by molar-refractivity contribution is 5.81. The first-order valence-corrected chi connectivity index (χ1v) is 3.85. The molecule has 0 aliphatic heterocycles. The molecule has 0 spiro atoms. The van der Waals surface area contributed by atoms with Gasteiger partial charge in [0.2, 0.25) is 0 Å². The lowest BCUT2D eigenvalue weighted by Crippen LogP contribution is -2.13. The van der Waals surface area contributed by atoms with Crippen LogP contribution in [0.15, 0.2) is 25.0 Å².